The summed E-state index contributed by atoms with van der Waals surface area (Å²) < 4.78 is 2.10. The summed E-state index contributed by atoms with van der Waals surface area (Å²) in [7, 11) is 0. The van der Waals surface area contributed by atoms with E-state index in [4.69, 9.17) is 23.2 Å². The van der Waals surface area contributed by atoms with Crippen molar-refractivity contribution in [3.63, 3.8) is 0 Å². The number of rotatable bonds is 4. The zero-order valence-electron chi connectivity index (χ0n) is 11.4. The number of thiophene rings is 1. The van der Waals surface area contributed by atoms with Crippen LogP contribution in [-0.2, 0) is 11.3 Å². The molecule has 0 saturated carbocycles. The second kappa shape index (κ2) is 6.53. The van der Waals surface area contributed by atoms with Gasteiger partial charge in [-0.05, 0) is 46.1 Å². The zero-order chi connectivity index (χ0) is 16.4. The fraction of sp³-hybridized carbons (Fsp3) is 0.0769. The number of hydrogen-bond donors (Lipinski definition) is 1. The fourth-order valence-electron chi connectivity index (χ4n) is 1.82. The lowest BCUT2D eigenvalue weighted by Gasteiger charge is -2.06. The monoisotopic (exact) mass is 369 g/mol. The number of carbonyl (C=O) groups excluding carboxylic acids is 1. The van der Waals surface area contributed by atoms with E-state index in [0.717, 1.165) is 9.36 Å². The number of benzene rings is 1. The quantitative estimate of drug-likeness (QED) is 0.765. The third-order valence-electron chi connectivity index (χ3n) is 2.85. The van der Waals surface area contributed by atoms with Crippen molar-refractivity contribution < 1.29 is 4.79 Å². The van der Waals surface area contributed by atoms with Crippen molar-refractivity contribution in [1.82, 2.24) is 19.8 Å². The van der Waals surface area contributed by atoms with Crippen LogP contribution in [0.5, 0.6) is 0 Å². The van der Waals surface area contributed by atoms with E-state index in [0.29, 0.717) is 20.7 Å². The Kier molecular flexibility index (Phi) is 4.46. The molecule has 0 atom stereocenters. The van der Waals surface area contributed by atoms with Gasteiger partial charge in [0.15, 0.2) is 0 Å². The number of anilines is 1. The van der Waals surface area contributed by atoms with Crippen LogP contribution in [0.15, 0.2) is 40.5 Å². The van der Waals surface area contributed by atoms with Crippen molar-refractivity contribution in [3.8, 4) is 5.00 Å². The molecule has 3 rings (SSSR count). The van der Waals surface area contributed by atoms with E-state index in [1.807, 2.05) is 5.38 Å². The van der Waals surface area contributed by atoms with Crippen molar-refractivity contribution in [2.45, 2.75) is 6.54 Å². The Balaban J connectivity index is 1.76. The lowest BCUT2D eigenvalue weighted by atomic mass is 10.3. The maximum absolute atomic E-state index is 12.2. The van der Waals surface area contributed by atoms with Gasteiger partial charge in [0.2, 0.25) is 5.91 Å². The normalized spacial score (nSPS) is 10.7. The Morgan fingerprint density at radius 1 is 1.26 bits per heavy atom. The minimum atomic E-state index is -0.500. The van der Waals surface area contributed by atoms with E-state index in [2.05, 4.69) is 15.7 Å². The van der Waals surface area contributed by atoms with Gasteiger partial charge in [0, 0.05) is 5.02 Å². The van der Waals surface area contributed by atoms with E-state index in [1.165, 1.54) is 17.4 Å². The molecule has 1 aromatic carbocycles. The first-order valence-corrected chi connectivity index (χ1v) is 8.00. The SMILES string of the molecule is O=C(Cn1nnn(-c2cccs2)c1=O)Nc1cc(Cl)ccc1Cl. The van der Waals surface area contributed by atoms with E-state index in [9.17, 15) is 9.59 Å². The maximum atomic E-state index is 12.2. The number of nitrogens with zero attached hydrogens (tertiary/aromatic N) is 4. The molecule has 1 N–H and O–H groups in total. The molecule has 10 heteroatoms. The Bertz CT molecular complexity index is 903. The summed E-state index contributed by atoms with van der Waals surface area (Å²) in [5, 5.41) is 13.2. The molecule has 23 heavy (non-hydrogen) atoms. The van der Waals surface area contributed by atoms with Crippen LogP contribution in [0.1, 0.15) is 0 Å². The molecule has 0 aliphatic carbocycles. The Morgan fingerprint density at radius 3 is 2.83 bits per heavy atom. The van der Waals surface area contributed by atoms with Crippen molar-refractivity contribution in [1.29, 1.82) is 0 Å². The Morgan fingerprint density at radius 2 is 2.09 bits per heavy atom. The van der Waals surface area contributed by atoms with Crippen LogP contribution in [0, 0.1) is 0 Å². The first-order valence-electron chi connectivity index (χ1n) is 6.36. The van der Waals surface area contributed by atoms with Crippen LogP contribution in [0.3, 0.4) is 0 Å². The van der Waals surface area contributed by atoms with Crippen LogP contribution in [-0.4, -0.2) is 25.7 Å². The number of tetrazole rings is 1. The zero-order valence-corrected chi connectivity index (χ0v) is 13.8. The molecule has 2 aromatic heterocycles. The molecular formula is C13H9Cl2N5O2S. The molecule has 0 unspecified atom stereocenters. The van der Waals surface area contributed by atoms with E-state index >= 15 is 0 Å². The third kappa shape index (κ3) is 3.44. The smallest absolute Gasteiger partial charge is 0.323 e. The highest BCUT2D eigenvalue weighted by molar-refractivity contribution is 7.12. The highest BCUT2D eigenvalue weighted by Crippen LogP contribution is 2.25. The van der Waals surface area contributed by atoms with Gasteiger partial charge in [-0.1, -0.05) is 23.2 Å². The third-order valence-corrected chi connectivity index (χ3v) is 4.26. The van der Waals surface area contributed by atoms with Gasteiger partial charge < -0.3 is 5.32 Å². The number of amides is 1. The number of halogens is 2. The summed E-state index contributed by atoms with van der Waals surface area (Å²) in [6, 6.07) is 8.22. The molecule has 0 radical (unpaired) electrons. The van der Waals surface area contributed by atoms with Gasteiger partial charge >= 0.3 is 5.69 Å². The molecule has 0 aliphatic heterocycles. The summed E-state index contributed by atoms with van der Waals surface area (Å²) in [5.74, 6) is -0.463. The van der Waals surface area contributed by atoms with Gasteiger partial charge in [-0.3, -0.25) is 4.79 Å². The van der Waals surface area contributed by atoms with Gasteiger partial charge in [-0.25, -0.2) is 4.79 Å². The van der Waals surface area contributed by atoms with Gasteiger partial charge in [-0.2, -0.15) is 9.36 Å². The minimum Gasteiger partial charge on any atom is -0.323 e. The van der Waals surface area contributed by atoms with Crippen LogP contribution in [0.4, 0.5) is 5.69 Å². The average Bonchev–Trinajstić information content (AvgIpc) is 3.14. The predicted octanol–water partition coefficient (Wildman–Crippen LogP) is 2.44. The van der Waals surface area contributed by atoms with Gasteiger partial charge in [0.1, 0.15) is 11.5 Å². The summed E-state index contributed by atoms with van der Waals surface area (Å²) >= 11 is 13.2. The topological polar surface area (TPSA) is 81.8 Å². The largest absolute Gasteiger partial charge is 0.369 e. The lowest BCUT2D eigenvalue weighted by molar-refractivity contribution is -0.117. The standard InChI is InChI=1S/C13H9Cl2N5O2S/c14-8-3-4-9(15)10(6-8)16-11(21)7-19-13(22)20(18-17-19)12-2-1-5-23-12/h1-6H,7H2,(H,16,21). The van der Waals surface area contributed by atoms with Crippen molar-refractivity contribution >= 4 is 46.1 Å². The Labute approximate surface area is 144 Å². The molecule has 0 saturated heterocycles. The Hall–Kier alpha value is -2.16. The number of carbonyl (C=O) groups is 1. The van der Waals surface area contributed by atoms with Crippen LogP contribution in [0.25, 0.3) is 5.00 Å². The molecule has 3 aromatic rings. The van der Waals surface area contributed by atoms with Crippen LogP contribution in [0.2, 0.25) is 10.0 Å². The summed E-state index contributed by atoms with van der Waals surface area (Å²) in [4.78, 5) is 24.2. The number of hydrogen-bond acceptors (Lipinski definition) is 5. The minimum absolute atomic E-state index is 0.285. The molecular weight excluding hydrogens is 361 g/mol. The molecule has 118 valence electrons. The molecule has 1 amide bonds. The van der Waals surface area contributed by atoms with Gasteiger partial charge in [0.05, 0.1) is 10.7 Å². The molecule has 2 heterocycles. The first-order chi connectivity index (χ1) is 11.0. The van der Waals surface area contributed by atoms with Crippen molar-refractivity contribution in [3.05, 3.63) is 56.2 Å². The second-order valence-electron chi connectivity index (χ2n) is 4.45. The fourth-order valence-corrected chi connectivity index (χ4v) is 2.83. The summed E-state index contributed by atoms with van der Waals surface area (Å²) in [6.07, 6.45) is 0. The molecule has 0 aliphatic rings. The number of aromatic nitrogens is 4. The molecule has 0 bridgehead atoms. The summed E-state index contributed by atoms with van der Waals surface area (Å²) in [5.41, 5.74) is -0.136. The predicted molar refractivity (Wildman–Crippen MR) is 88.6 cm³/mol. The van der Waals surface area contributed by atoms with E-state index < -0.39 is 11.6 Å². The van der Waals surface area contributed by atoms with Crippen molar-refractivity contribution in [2.24, 2.45) is 0 Å². The highest BCUT2D eigenvalue weighted by atomic mass is 35.5. The van der Waals surface area contributed by atoms with E-state index in [1.54, 1.807) is 24.3 Å². The van der Waals surface area contributed by atoms with Gasteiger partial charge in [-0.15, -0.1) is 11.3 Å². The van der Waals surface area contributed by atoms with Crippen molar-refractivity contribution in [2.75, 3.05) is 5.32 Å². The summed E-state index contributed by atoms with van der Waals surface area (Å²) in [6.45, 7) is -0.285. The second-order valence-corrected chi connectivity index (χ2v) is 6.22. The molecule has 0 fully saturated rings. The molecule has 0 spiro atoms. The average molecular weight is 370 g/mol. The lowest BCUT2D eigenvalue weighted by Crippen LogP contribution is -2.29. The molecule has 7 nitrogen and oxygen atoms in total. The van der Waals surface area contributed by atoms with Crippen LogP contribution >= 0.6 is 34.5 Å². The first kappa shape index (κ1) is 15.7. The number of nitrogens with one attached hydrogen (secondary N) is 1. The highest BCUT2D eigenvalue weighted by Gasteiger charge is 2.13. The maximum Gasteiger partial charge on any atom is 0.369 e. The van der Waals surface area contributed by atoms with Crippen LogP contribution < -0.4 is 11.0 Å². The van der Waals surface area contributed by atoms with Gasteiger partial charge in [0.25, 0.3) is 0 Å². The van der Waals surface area contributed by atoms with E-state index in [-0.39, 0.29) is 6.54 Å².